The second-order valence-corrected chi connectivity index (χ2v) is 7.95. The molecule has 0 aromatic heterocycles. The van der Waals surface area contributed by atoms with Crippen LogP contribution in [0.2, 0.25) is 0 Å². The average Bonchev–Trinajstić information content (AvgIpc) is 2.82. The number of hydrogen-bond donors (Lipinski definition) is 2. The Kier molecular flexibility index (Phi) is 8.21. The van der Waals surface area contributed by atoms with Crippen LogP contribution in [0.3, 0.4) is 0 Å². The number of likely N-dealkylation sites (tertiary alicyclic amines) is 1. The van der Waals surface area contributed by atoms with Gasteiger partial charge in [0, 0.05) is 37.3 Å². The topological polar surface area (TPSA) is 78.5 Å². The predicted octanol–water partition coefficient (Wildman–Crippen LogP) is 3.64. The molecule has 1 heterocycles. The highest BCUT2D eigenvalue weighted by atomic mass is 16.2. The van der Waals surface area contributed by atoms with E-state index < -0.39 is 0 Å². The summed E-state index contributed by atoms with van der Waals surface area (Å²) < 4.78 is 0. The molecule has 6 heteroatoms. The minimum absolute atomic E-state index is 0.0307. The number of carbonyl (C=O) groups excluding carboxylic acids is 3. The third kappa shape index (κ3) is 6.67. The lowest BCUT2D eigenvalue weighted by atomic mass is 9.96. The Morgan fingerprint density at radius 2 is 1.77 bits per heavy atom. The fourth-order valence-electron chi connectivity index (χ4n) is 3.80. The highest BCUT2D eigenvalue weighted by Gasteiger charge is 2.28. The van der Waals surface area contributed by atoms with Crippen LogP contribution in [0.15, 0.2) is 54.6 Å². The third-order valence-corrected chi connectivity index (χ3v) is 5.60. The SMILES string of the molecule is CCC(=O)Nc1ccc(C(=O)N2CCCC(C(=O)NCCCc3ccccc3)C2)cc1. The van der Waals surface area contributed by atoms with Gasteiger partial charge < -0.3 is 15.5 Å². The molecular weight excluding hydrogens is 390 g/mol. The van der Waals surface area contributed by atoms with Gasteiger partial charge >= 0.3 is 0 Å². The van der Waals surface area contributed by atoms with E-state index in [2.05, 4.69) is 22.8 Å². The Bertz CT molecular complexity index is 881. The maximum Gasteiger partial charge on any atom is 0.253 e. The molecule has 1 atom stereocenters. The number of benzene rings is 2. The first-order valence-electron chi connectivity index (χ1n) is 11.1. The van der Waals surface area contributed by atoms with Crippen molar-refractivity contribution < 1.29 is 14.4 Å². The molecule has 6 nitrogen and oxygen atoms in total. The number of carbonyl (C=O) groups is 3. The molecule has 2 aromatic carbocycles. The van der Waals surface area contributed by atoms with Crippen molar-refractivity contribution in [3.8, 4) is 0 Å². The van der Waals surface area contributed by atoms with E-state index in [0.717, 1.165) is 25.7 Å². The number of hydrogen-bond acceptors (Lipinski definition) is 3. The molecule has 31 heavy (non-hydrogen) atoms. The second kappa shape index (κ2) is 11.3. The van der Waals surface area contributed by atoms with Crippen LogP contribution in [0.4, 0.5) is 5.69 Å². The first kappa shape index (κ1) is 22.5. The van der Waals surface area contributed by atoms with Crippen LogP contribution in [0.5, 0.6) is 0 Å². The lowest BCUT2D eigenvalue weighted by Gasteiger charge is -2.32. The van der Waals surface area contributed by atoms with Crippen molar-refractivity contribution in [1.82, 2.24) is 10.2 Å². The van der Waals surface area contributed by atoms with Crippen molar-refractivity contribution in [2.75, 3.05) is 25.0 Å². The van der Waals surface area contributed by atoms with Crippen molar-refractivity contribution in [1.29, 1.82) is 0 Å². The maximum atomic E-state index is 12.9. The number of aryl methyl sites for hydroxylation is 1. The lowest BCUT2D eigenvalue weighted by molar-refractivity contribution is -0.126. The largest absolute Gasteiger partial charge is 0.356 e. The zero-order valence-electron chi connectivity index (χ0n) is 18.1. The molecule has 2 N–H and O–H groups in total. The Hall–Kier alpha value is -3.15. The number of piperidine rings is 1. The molecular formula is C25H31N3O3. The summed E-state index contributed by atoms with van der Waals surface area (Å²) >= 11 is 0. The van der Waals surface area contributed by atoms with E-state index in [0.29, 0.717) is 37.3 Å². The Morgan fingerprint density at radius 1 is 1.03 bits per heavy atom. The van der Waals surface area contributed by atoms with Gasteiger partial charge in [0.05, 0.1) is 5.92 Å². The Morgan fingerprint density at radius 3 is 2.48 bits per heavy atom. The number of nitrogens with zero attached hydrogens (tertiary/aromatic N) is 1. The van der Waals surface area contributed by atoms with Gasteiger partial charge in [-0.1, -0.05) is 37.3 Å². The van der Waals surface area contributed by atoms with E-state index in [1.807, 2.05) is 18.2 Å². The Balaban J connectivity index is 1.47. The normalized spacial score (nSPS) is 15.9. The minimum Gasteiger partial charge on any atom is -0.356 e. The molecule has 1 fully saturated rings. The van der Waals surface area contributed by atoms with Gasteiger partial charge in [-0.3, -0.25) is 14.4 Å². The van der Waals surface area contributed by atoms with Crippen molar-refractivity contribution in [2.24, 2.45) is 5.92 Å². The van der Waals surface area contributed by atoms with Crippen LogP contribution in [-0.4, -0.2) is 42.3 Å². The molecule has 0 aliphatic carbocycles. The second-order valence-electron chi connectivity index (χ2n) is 7.95. The fraction of sp³-hybridized carbons (Fsp3) is 0.400. The summed E-state index contributed by atoms with van der Waals surface area (Å²) in [5.74, 6) is -0.275. The van der Waals surface area contributed by atoms with Crippen LogP contribution in [0.25, 0.3) is 0 Å². The van der Waals surface area contributed by atoms with E-state index in [9.17, 15) is 14.4 Å². The maximum absolute atomic E-state index is 12.9. The first-order valence-corrected chi connectivity index (χ1v) is 11.1. The summed E-state index contributed by atoms with van der Waals surface area (Å²) in [5.41, 5.74) is 2.51. The fourth-order valence-corrected chi connectivity index (χ4v) is 3.80. The smallest absolute Gasteiger partial charge is 0.253 e. The van der Waals surface area contributed by atoms with Gasteiger partial charge in [-0.05, 0) is 55.5 Å². The van der Waals surface area contributed by atoms with Gasteiger partial charge in [0.1, 0.15) is 0 Å². The molecule has 3 amide bonds. The van der Waals surface area contributed by atoms with E-state index in [-0.39, 0.29) is 23.6 Å². The van der Waals surface area contributed by atoms with Gasteiger partial charge in [0.15, 0.2) is 0 Å². The summed E-state index contributed by atoms with van der Waals surface area (Å²) in [6.45, 7) is 3.53. The van der Waals surface area contributed by atoms with Gasteiger partial charge in [-0.15, -0.1) is 0 Å². The first-order chi connectivity index (χ1) is 15.1. The minimum atomic E-state index is -0.169. The van der Waals surface area contributed by atoms with Crippen molar-refractivity contribution in [3.63, 3.8) is 0 Å². The number of amides is 3. The van der Waals surface area contributed by atoms with Gasteiger partial charge in [-0.2, -0.15) is 0 Å². The molecule has 1 saturated heterocycles. The van der Waals surface area contributed by atoms with E-state index in [1.54, 1.807) is 36.1 Å². The Labute approximate surface area is 184 Å². The molecule has 3 rings (SSSR count). The summed E-state index contributed by atoms with van der Waals surface area (Å²) in [6, 6.07) is 17.2. The van der Waals surface area contributed by atoms with Crippen molar-refractivity contribution >= 4 is 23.4 Å². The van der Waals surface area contributed by atoms with Crippen LogP contribution in [0, 0.1) is 5.92 Å². The molecule has 1 aliphatic rings. The van der Waals surface area contributed by atoms with Crippen LogP contribution >= 0.6 is 0 Å². The highest BCUT2D eigenvalue weighted by Crippen LogP contribution is 2.20. The zero-order chi connectivity index (χ0) is 22.1. The van der Waals surface area contributed by atoms with Gasteiger partial charge in [0.2, 0.25) is 11.8 Å². The summed E-state index contributed by atoms with van der Waals surface area (Å²) in [6.07, 6.45) is 3.86. The van der Waals surface area contributed by atoms with Crippen molar-refractivity contribution in [2.45, 2.75) is 39.0 Å². The number of anilines is 1. The van der Waals surface area contributed by atoms with Crippen LogP contribution in [0.1, 0.15) is 48.5 Å². The number of rotatable bonds is 8. The standard InChI is InChI=1S/C25H31N3O3/c1-2-23(29)27-22-14-12-20(13-15-22)25(31)28-17-7-11-21(18-28)24(30)26-16-6-10-19-8-4-3-5-9-19/h3-5,8-9,12-15,21H,2,6-7,10-11,16-18H2,1H3,(H,26,30)(H,27,29). The van der Waals surface area contributed by atoms with Crippen molar-refractivity contribution in [3.05, 3.63) is 65.7 Å². The molecule has 1 unspecified atom stereocenters. The van der Waals surface area contributed by atoms with E-state index in [1.165, 1.54) is 5.56 Å². The summed E-state index contributed by atoms with van der Waals surface area (Å²) in [4.78, 5) is 38.7. The monoisotopic (exact) mass is 421 g/mol. The molecule has 0 spiro atoms. The average molecular weight is 422 g/mol. The molecule has 164 valence electrons. The molecule has 0 saturated carbocycles. The molecule has 0 radical (unpaired) electrons. The van der Waals surface area contributed by atoms with E-state index in [4.69, 9.17) is 0 Å². The molecule has 0 bridgehead atoms. The number of nitrogens with one attached hydrogen (secondary N) is 2. The molecule has 1 aliphatic heterocycles. The highest BCUT2D eigenvalue weighted by molar-refractivity contribution is 5.96. The summed E-state index contributed by atoms with van der Waals surface area (Å²) in [7, 11) is 0. The quantitative estimate of drug-likeness (QED) is 0.639. The third-order valence-electron chi connectivity index (χ3n) is 5.60. The van der Waals surface area contributed by atoms with Gasteiger partial charge in [0.25, 0.3) is 5.91 Å². The zero-order valence-corrected chi connectivity index (χ0v) is 18.1. The van der Waals surface area contributed by atoms with Crippen LogP contribution < -0.4 is 10.6 Å². The van der Waals surface area contributed by atoms with Gasteiger partial charge in [-0.25, -0.2) is 0 Å². The lowest BCUT2D eigenvalue weighted by Crippen LogP contribution is -2.45. The van der Waals surface area contributed by atoms with E-state index >= 15 is 0 Å². The predicted molar refractivity (Wildman–Crippen MR) is 122 cm³/mol. The summed E-state index contributed by atoms with van der Waals surface area (Å²) in [5, 5.41) is 5.81. The van der Waals surface area contributed by atoms with Crippen LogP contribution in [-0.2, 0) is 16.0 Å². The molecule has 2 aromatic rings.